The number of Topliss-reactive ketones (excluding diaryl/α,β-unsaturated/α-hetero) is 1. The van der Waals surface area contributed by atoms with Gasteiger partial charge in [0.05, 0.1) is 13.0 Å². The molecule has 1 fully saturated rings. The number of ether oxygens (including phenoxy) is 1. The number of aliphatic carboxylic acids is 1. The molecule has 0 aliphatic heterocycles. The van der Waals surface area contributed by atoms with Gasteiger partial charge in [0.2, 0.25) is 5.91 Å². The molecule has 118 valence electrons. The minimum atomic E-state index is -1.20. The van der Waals surface area contributed by atoms with Gasteiger partial charge in [-0.25, -0.2) is 4.79 Å². The highest BCUT2D eigenvalue weighted by molar-refractivity contribution is 7.81. The molecular weight excluding hydrogens is 298 g/mol. The lowest BCUT2D eigenvalue weighted by Gasteiger charge is -2.25. The van der Waals surface area contributed by atoms with Crippen molar-refractivity contribution in [3.63, 3.8) is 0 Å². The average Bonchev–Trinajstić information content (AvgIpc) is 2.78. The Labute approximate surface area is 127 Å². The molecule has 0 aromatic carbocycles. The summed E-state index contributed by atoms with van der Waals surface area (Å²) in [5.74, 6) is -3.59. The van der Waals surface area contributed by atoms with Crippen molar-refractivity contribution in [3.05, 3.63) is 0 Å². The van der Waals surface area contributed by atoms with E-state index < -0.39 is 41.0 Å². The molecule has 4 atom stereocenters. The molecule has 0 heterocycles. The van der Waals surface area contributed by atoms with Crippen LogP contribution in [0.2, 0.25) is 0 Å². The predicted octanol–water partition coefficient (Wildman–Crippen LogP) is 0.0325. The minimum Gasteiger partial charge on any atom is -0.480 e. The summed E-state index contributed by atoms with van der Waals surface area (Å²) in [6.45, 7) is 1.21. The largest absolute Gasteiger partial charge is 0.480 e. The Bertz CT molecular complexity index is 452. The van der Waals surface area contributed by atoms with Gasteiger partial charge in [0.15, 0.2) is 0 Å². The summed E-state index contributed by atoms with van der Waals surface area (Å²) < 4.78 is 4.67. The second kappa shape index (κ2) is 7.44. The van der Waals surface area contributed by atoms with Crippen molar-refractivity contribution in [2.24, 2.45) is 11.8 Å². The van der Waals surface area contributed by atoms with E-state index in [-0.39, 0.29) is 18.6 Å². The molecule has 1 rings (SSSR count). The van der Waals surface area contributed by atoms with E-state index in [0.717, 1.165) is 0 Å². The maximum atomic E-state index is 11.9. The molecule has 0 saturated heterocycles. The van der Waals surface area contributed by atoms with Crippen LogP contribution in [0, 0.1) is 11.8 Å². The van der Waals surface area contributed by atoms with E-state index in [1.165, 1.54) is 14.0 Å². The molecule has 1 saturated carbocycles. The SMILES string of the molecule is COC(=O)C1CCC(=O)C1C(S)CC(NC(C)=O)C(=O)O. The van der Waals surface area contributed by atoms with Crippen molar-refractivity contribution in [2.45, 2.75) is 37.5 Å². The van der Waals surface area contributed by atoms with Crippen molar-refractivity contribution >= 4 is 36.3 Å². The lowest BCUT2D eigenvalue weighted by Crippen LogP contribution is -2.43. The monoisotopic (exact) mass is 317 g/mol. The number of thiol groups is 1. The zero-order valence-electron chi connectivity index (χ0n) is 11.9. The lowest BCUT2D eigenvalue weighted by atomic mass is 9.89. The van der Waals surface area contributed by atoms with Gasteiger partial charge < -0.3 is 15.2 Å². The first kappa shape index (κ1) is 17.5. The van der Waals surface area contributed by atoms with Gasteiger partial charge in [-0.1, -0.05) is 0 Å². The molecule has 2 N–H and O–H groups in total. The third-order valence-corrected chi connectivity index (χ3v) is 4.11. The third-order valence-electron chi connectivity index (χ3n) is 3.58. The molecule has 1 aliphatic carbocycles. The minimum absolute atomic E-state index is 0.0398. The summed E-state index contributed by atoms with van der Waals surface area (Å²) in [6.07, 6.45) is 0.590. The first-order chi connectivity index (χ1) is 9.77. The fraction of sp³-hybridized carbons (Fsp3) is 0.692. The number of carbonyl (C=O) groups excluding carboxylic acids is 3. The molecule has 7 nitrogen and oxygen atoms in total. The summed E-state index contributed by atoms with van der Waals surface area (Å²) >= 11 is 4.29. The van der Waals surface area contributed by atoms with Crippen molar-refractivity contribution < 1.29 is 29.0 Å². The van der Waals surface area contributed by atoms with E-state index >= 15 is 0 Å². The van der Waals surface area contributed by atoms with Crippen LogP contribution in [0.4, 0.5) is 0 Å². The van der Waals surface area contributed by atoms with Gasteiger partial charge in [-0.15, -0.1) is 0 Å². The van der Waals surface area contributed by atoms with Crippen LogP contribution in [0.1, 0.15) is 26.2 Å². The number of carboxylic acid groups (broad SMARTS) is 1. The Morgan fingerprint density at radius 3 is 2.57 bits per heavy atom. The zero-order valence-corrected chi connectivity index (χ0v) is 12.8. The van der Waals surface area contributed by atoms with Crippen LogP contribution in [0.15, 0.2) is 0 Å². The van der Waals surface area contributed by atoms with Crippen LogP contribution in [0.5, 0.6) is 0 Å². The first-order valence-electron chi connectivity index (χ1n) is 6.56. The number of ketones is 1. The Morgan fingerprint density at radius 2 is 2.10 bits per heavy atom. The summed E-state index contributed by atoms with van der Waals surface area (Å²) in [7, 11) is 1.24. The number of methoxy groups -OCH3 is 1. The van der Waals surface area contributed by atoms with Crippen molar-refractivity contribution in [1.82, 2.24) is 5.32 Å². The number of hydrogen-bond donors (Lipinski definition) is 3. The second-order valence-electron chi connectivity index (χ2n) is 5.05. The zero-order chi connectivity index (χ0) is 16.2. The lowest BCUT2D eigenvalue weighted by molar-refractivity contribution is -0.148. The first-order valence-corrected chi connectivity index (χ1v) is 7.08. The van der Waals surface area contributed by atoms with E-state index in [1.54, 1.807) is 0 Å². The normalized spacial score (nSPS) is 24.2. The topological polar surface area (TPSA) is 110 Å². The third kappa shape index (κ3) is 4.45. The summed E-state index contributed by atoms with van der Waals surface area (Å²) in [5.41, 5.74) is 0. The molecular formula is C13H19NO6S. The van der Waals surface area contributed by atoms with Gasteiger partial charge in [-0.2, -0.15) is 12.6 Å². The number of nitrogens with one attached hydrogen (secondary N) is 1. The number of carbonyl (C=O) groups is 4. The van der Waals surface area contributed by atoms with Gasteiger partial charge in [-0.3, -0.25) is 14.4 Å². The van der Waals surface area contributed by atoms with Crippen LogP contribution in [0.25, 0.3) is 0 Å². The standard InChI is InChI=1S/C13H19NO6S/c1-6(15)14-8(12(17)18)5-10(21)11-7(13(19)20-2)3-4-9(11)16/h7-8,10-11,21H,3-5H2,1-2H3,(H,14,15)(H,17,18). The van der Waals surface area contributed by atoms with Crippen LogP contribution in [-0.2, 0) is 23.9 Å². The number of esters is 1. The maximum Gasteiger partial charge on any atom is 0.326 e. The summed E-state index contributed by atoms with van der Waals surface area (Å²) in [4.78, 5) is 45.7. The Morgan fingerprint density at radius 1 is 1.48 bits per heavy atom. The number of amides is 1. The van der Waals surface area contributed by atoms with E-state index in [2.05, 4.69) is 22.7 Å². The van der Waals surface area contributed by atoms with Crippen LogP contribution in [-0.4, -0.2) is 47.1 Å². The highest BCUT2D eigenvalue weighted by Crippen LogP contribution is 2.36. The molecule has 0 aromatic rings. The molecule has 8 heteroatoms. The van der Waals surface area contributed by atoms with Gasteiger partial charge in [-0.05, 0) is 12.8 Å². The van der Waals surface area contributed by atoms with E-state index in [9.17, 15) is 19.2 Å². The predicted molar refractivity (Wildman–Crippen MR) is 75.9 cm³/mol. The number of hydrogen-bond acceptors (Lipinski definition) is 6. The summed E-state index contributed by atoms with van der Waals surface area (Å²) in [5, 5.41) is 10.7. The fourth-order valence-corrected chi connectivity index (χ4v) is 3.21. The molecule has 0 bridgehead atoms. The van der Waals surface area contributed by atoms with E-state index in [4.69, 9.17) is 5.11 Å². The molecule has 0 aromatic heterocycles. The van der Waals surface area contributed by atoms with Gasteiger partial charge in [0.25, 0.3) is 0 Å². The van der Waals surface area contributed by atoms with Crippen molar-refractivity contribution in [2.75, 3.05) is 7.11 Å². The Kier molecular flexibility index (Phi) is 6.19. The number of carboxylic acids is 1. The van der Waals surface area contributed by atoms with Gasteiger partial charge in [0.1, 0.15) is 11.8 Å². The van der Waals surface area contributed by atoms with Crippen LogP contribution >= 0.6 is 12.6 Å². The van der Waals surface area contributed by atoms with Gasteiger partial charge >= 0.3 is 11.9 Å². The molecule has 0 radical (unpaired) electrons. The van der Waals surface area contributed by atoms with Gasteiger partial charge in [0, 0.05) is 24.5 Å². The Balaban J connectivity index is 2.81. The number of rotatable bonds is 6. The molecule has 4 unspecified atom stereocenters. The van der Waals surface area contributed by atoms with Crippen LogP contribution < -0.4 is 5.32 Å². The molecule has 1 amide bonds. The van der Waals surface area contributed by atoms with Crippen LogP contribution in [0.3, 0.4) is 0 Å². The highest BCUT2D eigenvalue weighted by Gasteiger charge is 2.44. The second-order valence-corrected chi connectivity index (χ2v) is 5.72. The Hall–Kier alpha value is -1.57. The van der Waals surface area contributed by atoms with E-state index in [1.807, 2.05) is 0 Å². The smallest absolute Gasteiger partial charge is 0.326 e. The van der Waals surface area contributed by atoms with Crippen molar-refractivity contribution in [1.29, 1.82) is 0 Å². The molecule has 21 heavy (non-hydrogen) atoms. The maximum absolute atomic E-state index is 11.9. The fourth-order valence-electron chi connectivity index (χ4n) is 2.62. The van der Waals surface area contributed by atoms with Crippen molar-refractivity contribution in [3.8, 4) is 0 Å². The van der Waals surface area contributed by atoms with E-state index in [0.29, 0.717) is 6.42 Å². The quantitative estimate of drug-likeness (QED) is 0.471. The molecule has 1 aliphatic rings. The molecule has 0 spiro atoms. The summed E-state index contributed by atoms with van der Waals surface area (Å²) in [6, 6.07) is -1.14. The average molecular weight is 317 g/mol. The highest BCUT2D eigenvalue weighted by atomic mass is 32.1.